The third kappa shape index (κ3) is 2.02. The van der Waals surface area contributed by atoms with E-state index < -0.39 is 5.97 Å². The summed E-state index contributed by atoms with van der Waals surface area (Å²) >= 11 is 1.21. The molecule has 4 heteroatoms. The van der Waals surface area contributed by atoms with Gasteiger partial charge in [-0.3, -0.25) is 0 Å². The minimum Gasteiger partial charge on any atom is -0.478 e. The van der Waals surface area contributed by atoms with E-state index in [1.165, 1.54) is 11.3 Å². The molecular formula is C11H13NO2S. The lowest BCUT2D eigenvalue weighted by molar-refractivity contribution is 0.0703. The highest BCUT2D eigenvalue weighted by Crippen LogP contribution is 2.41. The van der Waals surface area contributed by atoms with Gasteiger partial charge in [0.15, 0.2) is 0 Å². The fourth-order valence-electron chi connectivity index (χ4n) is 1.50. The normalized spacial score (nSPS) is 11.1. The zero-order valence-electron chi connectivity index (χ0n) is 9.21. The molecule has 0 atom stereocenters. The molecule has 0 spiro atoms. The van der Waals surface area contributed by atoms with Gasteiger partial charge in [-0.25, -0.2) is 9.64 Å². The van der Waals surface area contributed by atoms with E-state index >= 15 is 0 Å². The summed E-state index contributed by atoms with van der Waals surface area (Å²) in [5.41, 5.74) is 0.986. The second kappa shape index (κ2) is 3.67. The summed E-state index contributed by atoms with van der Waals surface area (Å²) in [5, 5.41) is 8.97. The lowest BCUT2D eigenvalue weighted by atomic mass is 9.92. The average molecular weight is 223 g/mol. The Morgan fingerprint density at radius 2 is 2.00 bits per heavy atom. The molecule has 0 aliphatic carbocycles. The van der Waals surface area contributed by atoms with Crippen LogP contribution >= 0.6 is 11.3 Å². The number of carbonyl (C=O) groups is 1. The van der Waals surface area contributed by atoms with Crippen molar-refractivity contribution in [2.45, 2.75) is 33.1 Å². The largest absolute Gasteiger partial charge is 0.478 e. The number of hydrogen-bond donors (Lipinski definition) is 1. The Hall–Kier alpha value is -1.34. The Bertz CT molecular complexity index is 446. The minimum atomic E-state index is -1.01. The molecule has 80 valence electrons. The Labute approximate surface area is 93.2 Å². The number of rotatable bonds is 1. The Kier molecular flexibility index (Phi) is 2.87. The van der Waals surface area contributed by atoms with E-state index in [1.54, 1.807) is 0 Å². The summed E-state index contributed by atoms with van der Waals surface area (Å²) in [6.45, 7) is 14.9. The fourth-order valence-corrected chi connectivity index (χ4v) is 2.64. The van der Waals surface area contributed by atoms with Crippen LogP contribution in [-0.2, 0) is 5.41 Å². The van der Waals surface area contributed by atoms with Crippen molar-refractivity contribution in [3.8, 4) is 0 Å². The molecule has 1 heterocycles. The minimum absolute atomic E-state index is 0.109. The predicted octanol–water partition coefficient (Wildman–Crippen LogP) is 3.60. The molecule has 15 heavy (non-hydrogen) atoms. The van der Waals surface area contributed by atoms with E-state index in [-0.39, 0.29) is 16.0 Å². The van der Waals surface area contributed by atoms with E-state index in [9.17, 15) is 4.79 Å². The van der Waals surface area contributed by atoms with Crippen molar-refractivity contribution in [1.82, 2.24) is 0 Å². The van der Waals surface area contributed by atoms with Crippen molar-refractivity contribution in [2.75, 3.05) is 0 Å². The van der Waals surface area contributed by atoms with Crippen molar-refractivity contribution in [1.29, 1.82) is 0 Å². The van der Waals surface area contributed by atoms with Crippen LogP contribution in [0.2, 0.25) is 0 Å². The summed E-state index contributed by atoms with van der Waals surface area (Å²) in [5.74, 6) is -1.01. The number of aromatic carboxylic acids is 1. The van der Waals surface area contributed by atoms with Gasteiger partial charge in [-0.05, 0) is 17.9 Å². The summed E-state index contributed by atoms with van der Waals surface area (Å²) in [6, 6.07) is 0. The highest BCUT2D eigenvalue weighted by molar-refractivity contribution is 7.15. The number of thiophene rings is 1. The first kappa shape index (κ1) is 11.7. The second-order valence-corrected chi connectivity index (χ2v) is 5.42. The van der Waals surface area contributed by atoms with Crippen LogP contribution in [0, 0.1) is 13.5 Å². The third-order valence-corrected chi connectivity index (χ3v) is 3.80. The number of hydrogen-bond acceptors (Lipinski definition) is 2. The molecule has 0 saturated heterocycles. The predicted molar refractivity (Wildman–Crippen MR) is 61.0 cm³/mol. The van der Waals surface area contributed by atoms with Crippen LogP contribution in [-0.4, -0.2) is 11.1 Å². The molecule has 0 amide bonds. The van der Waals surface area contributed by atoms with E-state index in [1.807, 2.05) is 27.7 Å². The molecule has 1 rings (SSSR count). The molecule has 1 aromatic rings. The molecule has 0 aliphatic rings. The first-order valence-corrected chi connectivity index (χ1v) is 5.35. The molecule has 0 aromatic carbocycles. The molecule has 0 fully saturated rings. The first-order valence-electron chi connectivity index (χ1n) is 4.53. The van der Waals surface area contributed by atoms with Gasteiger partial charge in [0.1, 0.15) is 4.88 Å². The summed E-state index contributed by atoms with van der Waals surface area (Å²) in [4.78, 5) is 15.4. The fraction of sp³-hybridized carbons (Fsp3) is 0.455. The van der Waals surface area contributed by atoms with Crippen LogP contribution < -0.4 is 0 Å². The van der Waals surface area contributed by atoms with Gasteiger partial charge >= 0.3 is 5.97 Å². The van der Waals surface area contributed by atoms with Gasteiger partial charge in [0, 0.05) is 4.88 Å². The van der Waals surface area contributed by atoms with Crippen LogP contribution in [0.4, 0.5) is 5.69 Å². The van der Waals surface area contributed by atoms with Crippen molar-refractivity contribution in [3.05, 3.63) is 26.7 Å². The standard InChI is InChI=1S/C11H13NO2S/c1-6-7(12-5)8(10(13)14)15-9(6)11(2,3)4/h1-4H3,(H,13,14). The number of carboxylic acid groups (broad SMARTS) is 1. The molecule has 0 saturated carbocycles. The highest BCUT2D eigenvalue weighted by atomic mass is 32.1. The molecule has 0 radical (unpaired) electrons. The molecule has 0 bridgehead atoms. The van der Waals surface area contributed by atoms with Crippen LogP contribution in [0.15, 0.2) is 0 Å². The van der Waals surface area contributed by atoms with Crippen LogP contribution in [0.1, 0.15) is 40.9 Å². The van der Waals surface area contributed by atoms with Gasteiger partial charge in [0.2, 0.25) is 5.69 Å². The number of nitrogens with zero attached hydrogens (tertiary/aromatic N) is 1. The maximum atomic E-state index is 10.9. The topological polar surface area (TPSA) is 41.7 Å². The molecule has 1 aromatic heterocycles. The zero-order chi connectivity index (χ0) is 11.8. The van der Waals surface area contributed by atoms with E-state index in [2.05, 4.69) is 4.85 Å². The highest BCUT2D eigenvalue weighted by Gasteiger charge is 2.26. The van der Waals surface area contributed by atoms with Crippen LogP contribution in [0.3, 0.4) is 0 Å². The first-order chi connectivity index (χ1) is 6.79. The van der Waals surface area contributed by atoms with E-state index in [0.29, 0.717) is 0 Å². The van der Waals surface area contributed by atoms with Crippen molar-refractivity contribution >= 4 is 23.0 Å². The molecule has 0 aliphatic heterocycles. The lowest BCUT2D eigenvalue weighted by Crippen LogP contribution is -2.09. The van der Waals surface area contributed by atoms with Crippen LogP contribution in [0.25, 0.3) is 4.85 Å². The van der Waals surface area contributed by atoms with Crippen LogP contribution in [0.5, 0.6) is 0 Å². The van der Waals surface area contributed by atoms with Crippen molar-refractivity contribution in [3.63, 3.8) is 0 Å². The third-order valence-electron chi connectivity index (χ3n) is 2.10. The quantitative estimate of drug-likeness (QED) is 0.739. The van der Waals surface area contributed by atoms with E-state index in [4.69, 9.17) is 11.7 Å². The Balaban J connectivity index is 3.49. The maximum Gasteiger partial charge on any atom is 0.335 e. The second-order valence-electron chi connectivity index (χ2n) is 4.40. The van der Waals surface area contributed by atoms with Gasteiger partial charge < -0.3 is 5.11 Å². The van der Waals surface area contributed by atoms with Gasteiger partial charge in [-0.15, -0.1) is 11.3 Å². The smallest absolute Gasteiger partial charge is 0.335 e. The average Bonchev–Trinajstić information content (AvgIpc) is 2.41. The van der Waals surface area contributed by atoms with Gasteiger partial charge in [0.25, 0.3) is 0 Å². The lowest BCUT2D eigenvalue weighted by Gasteiger charge is -2.17. The zero-order valence-corrected chi connectivity index (χ0v) is 10.0. The Morgan fingerprint density at radius 1 is 1.47 bits per heavy atom. The molecule has 1 N–H and O–H groups in total. The molecule has 3 nitrogen and oxygen atoms in total. The summed E-state index contributed by atoms with van der Waals surface area (Å²) in [7, 11) is 0. The van der Waals surface area contributed by atoms with Gasteiger partial charge in [-0.1, -0.05) is 20.8 Å². The summed E-state index contributed by atoms with van der Waals surface area (Å²) in [6.07, 6.45) is 0. The molecule has 0 unspecified atom stereocenters. The molecular weight excluding hydrogens is 210 g/mol. The van der Waals surface area contributed by atoms with E-state index in [0.717, 1.165) is 10.4 Å². The summed E-state index contributed by atoms with van der Waals surface area (Å²) < 4.78 is 0. The van der Waals surface area contributed by atoms with Crippen molar-refractivity contribution in [2.24, 2.45) is 0 Å². The van der Waals surface area contributed by atoms with Gasteiger partial charge in [-0.2, -0.15) is 0 Å². The number of carboxylic acids is 1. The Morgan fingerprint density at radius 3 is 2.27 bits per heavy atom. The van der Waals surface area contributed by atoms with Gasteiger partial charge in [0.05, 0.1) is 6.57 Å². The maximum absolute atomic E-state index is 10.9. The monoisotopic (exact) mass is 223 g/mol. The van der Waals surface area contributed by atoms with Crippen molar-refractivity contribution < 1.29 is 9.90 Å². The SMILES string of the molecule is [C-]#[N+]c1c(C(=O)O)sc(C(C)(C)C)c1C.